The number of anilines is 1. The first-order valence-electron chi connectivity index (χ1n) is 10.5. The zero-order chi connectivity index (χ0) is 22.2. The summed E-state index contributed by atoms with van der Waals surface area (Å²) < 4.78 is 9.39. The fourth-order valence-corrected chi connectivity index (χ4v) is 5.56. The molecule has 0 aromatic carbocycles. The number of carbonyl (C=O) groups is 1. The lowest BCUT2D eigenvalue weighted by Crippen LogP contribution is -2.27. The third-order valence-corrected chi connectivity index (χ3v) is 7.35. The molecule has 0 bridgehead atoms. The smallest absolute Gasteiger partial charge is 0.262 e. The highest BCUT2D eigenvalue weighted by atomic mass is 32.1. The number of aryl methyl sites for hydroxylation is 1. The molecule has 1 amide bonds. The van der Waals surface area contributed by atoms with Gasteiger partial charge in [-0.25, -0.2) is 9.97 Å². The Morgan fingerprint density at radius 3 is 3.03 bits per heavy atom. The Labute approximate surface area is 192 Å². The number of hydrogen-bond acceptors (Lipinski definition) is 7. The van der Waals surface area contributed by atoms with Gasteiger partial charge in [0, 0.05) is 35.5 Å². The minimum Gasteiger partial charge on any atom is -0.376 e. The van der Waals surface area contributed by atoms with Gasteiger partial charge in [-0.15, -0.1) is 22.7 Å². The first-order valence-corrected chi connectivity index (χ1v) is 12.2. The largest absolute Gasteiger partial charge is 0.376 e. The summed E-state index contributed by atoms with van der Waals surface area (Å²) in [5, 5.41) is 7.60. The van der Waals surface area contributed by atoms with E-state index in [2.05, 4.69) is 39.8 Å². The summed E-state index contributed by atoms with van der Waals surface area (Å²) in [5.74, 6) is -0.312. The number of aromatic nitrogens is 4. The zero-order valence-corrected chi connectivity index (χ0v) is 19.5. The number of rotatable bonds is 6. The van der Waals surface area contributed by atoms with Crippen LogP contribution in [0.4, 0.5) is 5.13 Å². The van der Waals surface area contributed by atoms with E-state index in [1.54, 1.807) is 6.07 Å². The van der Waals surface area contributed by atoms with E-state index in [9.17, 15) is 9.59 Å². The Kier molecular flexibility index (Phi) is 5.66. The topological polar surface area (TPSA) is 91.0 Å². The van der Waals surface area contributed by atoms with E-state index in [-0.39, 0.29) is 24.1 Å². The number of nitrogens with one attached hydrogen (secondary N) is 1. The van der Waals surface area contributed by atoms with Gasteiger partial charge in [-0.05, 0) is 44.2 Å². The van der Waals surface area contributed by atoms with Gasteiger partial charge in [-0.1, -0.05) is 0 Å². The van der Waals surface area contributed by atoms with E-state index < -0.39 is 0 Å². The maximum atomic E-state index is 12.5. The zero-order valence-electron chi connectivity index (χ0n) is 17.8. The van der Waals surface area contributed by atoms with Crippen molar-refractivity contribution in [3.63, 3.8) is 0 Å². The minimum atomic E-state index is -0.312. The van der Waals surface area contributed by atoms with E-state index in [1.807, 2.05) is 10.8 Å². The molecule has 1 saturated heterocycles. The fraction of sp³-hybridized carbons (Fsp3) is 0.364. The first-order chi connectivity index (χ1) is 15.5. The van der Waals surface area contributed by atoms with Gasteiger partial charge in [0.25, 0.3) is 5.56 Å². The van der Waals surface area contributed by atoms with E-state index >= 15 is 0 Å². The number of fused-ring (bicyclic) bond motifs is 1. The standard InChI is InChI=1S/C22H23N5O3S2/c1-13-8-17(14(2)27(13)9-15-4-3-6-30-15)18-11-32-22(24-18)25-19(28)10-26-12-23-20-16(21(26)29)5-7-31-20/h5,7-8,11-12,15H,3-4,6,9-10H2,1-2H3,(H,24,25,28). The van der Waals surface area contributed by atoms with Crippen LogP contribution in [0, 0.1) is 13.8 Å². The van der Waals surface area contributed by atoms with Crippen molar-refractivity contribution in [1.82, 2.24) is 19.1 Å². The van der Waals surface area contributed by atoms with Gasteiger partial charge in [-0.2, -0.15) is 0 Å². The van der Waals surface area contributed by atoms with Gasteiger partial charge in [0.05, 0.1) is 23.5 Å². The van der Waals surface area contributed by atoms with Crippen LogP contribution in [-0.4, -0.2) is 37.7 Å². The third-order valence-electron chi connectivity index (χ3n) is 5.77. The van der Waals surface area contributed by atoms with Gasteiger partial charge in [0.15, 0.2) is 5.13 Å². The maximum Gasteiger partial charge on any atom is 0.262 e. The van der Waals surface area contributed by atoms with Crippen molar-refractivity contribution in [3.8, 4) is 11.3 Å². The van der Waals surface area contributed by atoms with E-state index in [4.69, 9.17) is 4.74 Å². The van der Waals surface area contributed by atoms with Crippen molar-refractivity contribution in [3.05, 3.63) is 51.0 Å². The van der Waals surface area contributed by atoms with Crippen LogP contribution in [0.1, 0.15) is 24.2 Å². The molecule has 1 fully saturated rings. The quantitative estimate of drug-likeness (QED) is 0.464. The fourth-order valence-electron chi connectivity index (χ4n) is 4.11. The Balaban J connectivity index is 1.30. The number of thiazole rings is 1. The summed E-state index contributed by atoms with van der Waals surface area (Å²) in [6.45, 7) is 5.77. The lowest BCUT2D eigenvalue weighted by Gasteiger charge is -2.14. The number of ether oxygens (including phenoxy) is 1. The summed E-state index contributed by atoms with van der Waals surface area (Å²) in [6, 6.07) is 3.86. The average molecular weight is 470 g/mol. The highest BCUT2D eigenvalue weighted by Crippen LogP contribution is 2.31. The molecule has 0 spiro atoms. The molecule has 8 nitrogen and oxygen atoms in total. The molecule has 10 heteroatoms. The monoisotopic (exact) mass is 469 g/mol. The maximum absolute atomic E-state index is 12.5. The molecule has 1 N–H and O–H groups in total. The van der Waals surface area contributed by atoms with Crippen LogP contribution >= 0.6 is 22.7 Å². The predicted molar refractivity (Wildman–Crippen MR) is 126 cm³/mol. The molecule has 1 aliphatic rings. The van der Waals surface area contributed by atoms with Crippen molar-refractivity contribution in [1.29, 1.82) is 0 Å². The average Bonchev–Trinajstić information content (AvgIpc) is 3.55. The number of hydrogen-bond donors (Lipinski definition) is 1. The van der Waals surface area contributed by atoms with Crippen LogP contribution in [0.2, 0.25) is 0 Å². The normalized spacial score (nSPS) is 16.1. The van der Waals surface area contributed by atoms with Crippen LogP contribution in [0.3, 0.4) is 0 Å². The molecule has 1 aliphatic heterocycles. The van der Waals surface area contributed by atoms with Crippen molar-refractivity contribution in [2.45, 2.75) is 45.9 Å². The van der Waals surface area contributed by atoms with Crippen LogP contribution in [-0.2, 0) is 22.6 Å². The predicted octanol–water partition coefficient (Wildman–Crippen LogP) is 3.82. The van der Waals surface area contributed by atoms with Gasteiger partial charge in [-0.3, -0.25) is 14.2 Å². The number of amides is 1. The van der Waals surface area contributed by atoms with Crippen LogP contribution in [0.25, 0.3) is 21.5 Å². The van der Waals surface area contributed by atoms with E-state index in [0.717, 1.165) is 42.9 Å². The van der Waals surface area contributed by atoms with Crippen molar-refractivity contribution in [2.24, 2.45) is 0 Å². The van der Waals surface area contributed by atoms with E-state index in [1.165, 1.54) is 39.3 Å². The second-order valence-electron chi connectivity index (χ2n) is 7.93. The van der Waals surface area contributed by atoms with Crippen molar-refractivity contribution >= 4 is 43.9 Å². The Morgan fingerprint density at radius 1 is 1.34 bits per heavy atom. The van der Waals surface area contributed by atoms with Crippen LogP contribution < -0.4 is 10.9 Å². The molecule has 5 rings (SSSR count). The molecular weight excluding hydrogens is 446 g/mol. The Bertz CT molecular complexity index is 1340. The summed E-state index contributed by atoms with van der Waals surface area (Å²) in [5.41, 5.74) is 3.98. The lowest BCUT2D eigenvalue weighted by molar-refractivity contribution is -0.116. The molecule has 5 heterocycles. The lowest BCUT2D eigenvalue weighted by atomic mass is 10.2. The second kappa shape index (κ2) is 8.61. The van der Waals surface area contributed by atoms with Gasteiger partial charge < -0.3 is 14.6 Å². The number of carbonyl (C=O) groups excluding carboxylic acids is 1. The number of nitrogens with zero attached hydrogens (tertiary/aromatic N) is 4. The van der Waals surface area contributed by atoms with Crippen molar-refractivity contribution in [2.75, 3.05) is 11.9 Å². The SMILES string of the molecule is Cc1cc(-c2csc(NC(=O)Cn3cnc4sccc4c3=O)n2)c(C)n1CC1CCCO1. The Morgan fingerprint density at radius 2 is 2.22 bits per heavy atom. The molecule has 0 saturated carbocycles. The van der Waals surface area contributed by atoms with Crippen LogP contribution in [0.15, 0.2) is 34.0 Å². The summed E-state index contributed by atoms with van der Waals surface area (Å²) in [7, 11) is 0. The molecule has 1 atom stereocenters. The van der Waals surface area contributed by atoms with Gasteiger partial charge >= 0.3 is 0 Å². The number of thiophene rings is 1. The third kappa shape index (κ3) is 4.01. The molecule has 4 aromatic rings. The Hall–Kier alpha value is -2.82. The molecule has 0 aliphatic carbocycles. The van der Waals surface area contributed by atoms with Crippen molar-refractivity contribution < 1.29 is 9.53 Å². The molecular formula is C22H23N5O3S2. The van der Waals surface area contributed by atoms with E-state index in [0.29, 0.717) is 15.3 Å². The summed E-state index contributed by atoms with van der Waals surface area (Å²) >= 11 is 2.77. The minimum absolute atomic E-state index is 0.109. The second-order valence-corrected chi connectivity index (χ2v) is 9.69. The molecule has 1 unspecified atom stereocenters. The van der Waals surface area contributed by atoms with Gasteiger partial charge in [0.2, 0.25) is 5.91 Å². The first kappa shape index (κ1) is 21.0. The molecule has 166 valence electrons. The molecule has 4 aromatic heterocycles. The summed E-state index contributed by atoms with van der Waals surface area (Å²) in [6.07, 6.45) is 3.90. The van der Waals surface area contributed by atoms with Crippen LogP contribution in [0.5, 0.6) is 0 Å². The molecule has 0 radical (unpaired) electrons. The highest BCUT2D eigenvalue weighted by molar-refractivity contribution is 7.16. The highest BCUT2D eigenvalue weighted by Gasteiger charge is 2.20. The molecule has 32 heavy (non-hydrogen) atoms. The van der Waals surface area contributed by atoms with Gasteiger partial charge in [0.1, 0.15) is 11.4 Å². The summed E-state index contributed by atoms with van der Waals surface area (Å²) in [4.78, 5) is 34.5.